The summed E-state index contributed by atoms with van der Waals surface area (Å²) < 4.78 is 20.2. The molecule has 1 amide bonds. The van der Waals surface area contributed by atoms with E-state index in [1.807, 2.05) is 24.8 Å². The maximum absolute atomic E-state index is 14.3. The molecule has 0 spiro atoms. The molecule has 0 saturated carbocycles. The summed E-state index contributed by atoms with van der Waals surface area (Å²) in [6, 6.07) is 3.35. The van der Waals surface area contributed by atoms with Crippen LogP contribution in [-0.4, -0.2) is 46.6 Å². The monoisotopic (exact) mass is 434 g/mol. The molecule has 0 fully saturated rings. The number of pyridine rings is 1. The largest absolute Gasteiger partial charge is 0.396 e. The number of methoxy groups -OCH3 is 1. The number of thioether (sulfide) groups is 1. The molecule has 0 aliphatic carbocycles. The molecule has 2 aromatic rings. The number of hydrogen-bond donors (Lipinski definition) is 1. The van der Waals surface area contributed by atoms with Crippen LogP contribution in [0.25, 0.3) is 10.9 Å². The quantitative estimate of drug-likeness (QED) is 0.632. The zero-order chi connectivity index (χ0) is 22.1. The molecule has 3 rings (SSSR count). The van der Waals surface area contributed by atoms with Gasteiger partial charge in [0.2, 0.25) is 5.91 Å². The molecule has 1 aliphatic heterocycles. The summed E-state index contributed by atoms with van der Waals surface area (Å²) in [4.78, 5) is 19.5. The molecular weight excluding hydrogens is 403 g/mol. The molecule has 0 bridgehead atoms. The van der Waals surface area contributed by atoms with Crippen LogP contribution in [0.5, 0.6) is 0 Å². The number of fused-ring (bicyclic) bond motifs is 2. The number of unbranched alkanes of at least 4 members (excludes halogenated alkanes) is 1. The van der Waals surface area contributed by atoms with Crippen molar-refractivity contribution in [2.75, 3.05) is 25.7 Å². The Morgan fingerprint density at radius 3 is 2.80 bits per heavy atom. The van der Waals surface area contributed by atoms with Gasteiger partial charge in [0, 0.05) is 24.1 Å². The Balaban J connectivity index is 2.17. The summed E-state index contributed by atoms with van der Waals surface area (Å²) in [7, 11) is 1.55. The average molecular weight is 435 g/mol. The third-order valence-corrected chi connectivity index (χ3v) is 6.84. The van der Waals surface area contributed by atoms with Crippen LogP contribution in [0.3, 0.4) is 0 Å². The minimum atomic E-state index is -1.06. The number of rotatable bonds is 8. The van der Waals surface area contributed by atoms with E-state index in [4.69, 9.17) is 9.72 Å². The fraction of sp³-hybridized carbons (Fsp3) is 0.565. The van der Waals surface area contributed by atoms with Crippen molar-refractivity contribution in [2.45, 2.75) is 52.3 Å². The standard InChI is InChI=1S/C23H31FN2O3S/c1-14-10-17-16(8-6-7-9-30-5)18-12-26(22(28)15(2)13-27)23(3,29-4)21(18)25-20(17)11-19(14)24/h10-11,15,27H,6-9,12-13H2,1-5H3. The molecule has 1 aromatic heterocycles. The molecule has 30 heavy (non-hydrogen) atoms. The first-order valence-corrected chi connectivity index (χ1v) is 11.8. The van der Waals surface area contributed by atoms with E-state index >= 15 is 0 Å². The number of carbonyl (C=O) groups is 1. The van der Waals surface area contributed by atoms with Crippen LogP contribution < -0.4 is 0 Å². The van der Waals surface area contributed by atoms with E-state index in [0.29, 0.717) is 23.3 Å². The topological polar surface area (TPSA) is 62.7 Å². The molecule has 164 valence electrons. The van der Waals surface area contributed by atoms with Crippen molar-refractivity contribution in [1.82, 2.24) is 9.88 Å². The Hall–Kier alpha value is -1.70. The first-order chi connectivity index (χ1) is 14.3. The van der Waals surface area contributed by atoms with Gasteiger partial charge in [0.15, 0.2) is 5.72 Å². The van der Waals surface area contributed by atoms with Gasteiger partial charge >= 0.3 is 0 Å². The average Bonchev–Trinajstić information content (AvgIpc) is 3.03. The summed E-state index contributed by atoms with van der Waals surface area (Å²) in [6.45, 7) is 5.43. The van der Waals surface area contributed by atoms with E-state index in [0.717, 1.165) is 41.5 Å². The van der Waals surface area contributed by atoms with Crippen molar-refractivity contribution in [1.29, 1.82) is 0 Å². The van der Waals surface area contributed by atoms with Crippen molar-refractivity contribution in [2.24, 2.45) is 5.92 Å². The Kier molecular flexibility index (Phi) is 7.05. The molecule has 2 atom stereocenters. The summed E-state index contributed by atoms with van der Waals surface area (Å²) in [5.74, 6) is 0.0857. The van der Waals surface area contributed by atoms with Gasteiger partial charge in [-0.25, -0.2) is 9.37 Å². The second-order valence-corrected chi connectivity index (χ2v) is 9.17. The summed E-state index contributed by atoms with van der Waals surface area (Å²) in [5, 5.41) is 10.5. The van der Waals surface area contributed by atoms with Crippen LogP contribution in [0.2, 0.25) is 0 Å². The predicted octanol–water partition coefficient (Wildman–Crippen LogP) is 4.16. The zero-order valence-corrected chi connectivity index (χ0v) is 19.2. The molecule has 5 nitrogen and oxygen atoms in total. The van der Waals surface area contributed by atoms with Crippen LogP contribution in [0.4, 0.5) is 4.39 Å². The minimum absolute atomic E-state index is 0.181. The highest BCUT2D eigenvalue weighted by Crippen LogP contribution is 2.43. The Labute approximate surface area is 182 Å². The van der Waals surface area contributed by atoms with Gasteiger partial charge in [-0.05, 0) is 62.3 Å². The van der Waals surface area contributed by atoms with Crippen LogP contribution in [-0.2, 0) is 28.2 Å². The normalized spacial score (nSPS) is 19.4. The number of halogens is 1. The number of nitrogens with zero attached hydrogens (tertiary/aromatic N) is 2. The van der Waals surface area contributed by atoms with E-state index in [-0.39, 0.29) is 18.3 Å². The summed E-state index contributed by atoms with van der Waals surface area (Å²) >= 11 is 1.83. The highest BCUT2D eigenvalue weighted by molar-refractivity contribution is 7.98. The van der Waals surface area contributed by atoms with Crippen molar-refractivity contribution in [3.05, 3.63) is 40.3 Å². The third-order valence-electron chi connectivity index (χ3n) is 6.14. The lowest BCUT2D eigenvalue weighted by Gasteiger charge is -2.35. The van der Waals surface area contributed by atoms with E-state index < -0.39 is 11.6 Å². The van der Waals surface area contributed by atoms with Crippen LogP contribution in [0.15, 0.2) is 12.1 Å². The van der Waals surface area contributed by atoms with E-state index in [9.17, 15) is 14.3 Å². The van der Waals surface area contributed by atoms with Gasteiger partial charge in [0.05, 0.1) is 30.3 Å². The number of aliphatic hydroxyl groups excluding tert-OH is 1. The molecule has 0 saturated heterocycles. The van der Waals surface area contributed by atoms with Gasteiger partial charge in [-0.2, -0.15) is 11.8 Å². The van der Waals surface area contributed by atoms with E-state index in [2.05, 4.69) is 6.26 Å². The predicted molar refractivity (Wildman–Crippen MR) is 119 cm³/mol. The van der Waals surface area contributed by atoms with Gasteiger partial charge in [-0.1, -0.05) is 6.92 Å². The molecule has 1 N–H and O–H groups in total. The Bertz CT molecular complexity index is 952. The number of carbonyl (C=O) groups excluding carboxylic acids is 1. The maximum Gasteiger partial charge on any atom is 0.230 e. The highest BCUT2D eigenvalue weighted by atomic mass is 32.2. The van der Waals surface area contributed by atoms with Crippen molar-refractivity contribution >= 4 is 28.6 Å². The van der Waals surface area contributed by atoms with Gasteiger partial charge in [0.25, 0.3) is 0 Å². The number of benzene rings is 1. The van der Waals surface area contributed by atoms with Gasteiger partial charge < -0.3 is 14.7 Å². The SMILES string of the molecule is COC1(C)c2nc3cc(F)c(C)cc3c(CCCCSC)c2CN1C(=O)C(C)CO. The number of aliphatic hydroxyl groups is 1. The second kappa shape index (κ2) is 9.20. The number of ether oxygens (including phenoxy) is 1. The fourth-order valence-electron chi connectivity index (χ4n) is 4.16. The van der Waals surface area contributed by atoms with Gasteiger partial charge in [-0.3, -0.25) is 4.79 Å². The highest BCUT2D eigenvalue weighted by Gasteiger charge is 2.47. The second-order valence-electron chi connectivity index (χ2n) is 8.18. The molecule has 1 aliphatic rings. The first kappa shape index (κ1) is 23.0. The zero-order valence-electron chi connectivity index (χ0n) is 18.4. The van der Waals surface area contributed by atoms with Crippen LogP contribution in [0.1, 0.15) is 49.1 Å². The Morgan fingerprint density at radius 1 is 1.43 bits per heavy atom. The Morgan fingerprint density at radius 2 is 2.17 bits per heavy atom. The van der Waals surface area contributed by atoms with Gasteiger partial charge in [-0.15, -0.1) is 0 Å². The minimum Gasteiger partial charge on any atom is -0.396 e. The molecule has 0 radical (unpaired) electrons. The number of aryl methyl sites for hydroxylation is 2. The molecule has 2 unspecified atom stereocenters. The third kappa shape index (κ3) is 3.95. The van der Waals surface area contributed by atoms with Crippen molar-refractivity contribution in [3.63, 3.8) is 0 Å². The van der Waals surface area contributed by atoms with E-state index in [1.165, 1.54) is 6.07 Å². The summed E-state index contributed by atoms with van der Waals surface area (Å²) in [6.07, 6.45) is 5.03. The number of amides is 1. The molecular formula is C23H31FN2O3S. The maximum atomic E-state index is 14.3. The van der Waals surface area contributed by atoms with Crippen molar-refractivity contribution in [3.8, 4) is 0 Å². The fourth-order valence-corrected chi connectivity index (χ4v) is 4.66. The lowest BCUT2D eigenvalue weighted by Crippen LogP contribution is -2.46. The molecule has 2 heterocycles. The van der Waals surface area contributed by atoms with Crippen LogP contribution >= 0.6 is 11.8 Å². The number of hydrogen-bond acceptors (Lipinski definition) is 5. The number of aromatic nitrogens is 1. The molecule has 7 heteroatoms. The smallest absolute Gasteiger partial charge is 0.230 e. The van der Waals surface area contributed by atoms with Crippen molar-refractivity contribution < 1.29 is 19.0 Å². The lowest BCUT2D eigenvalue weighted by atomic mass is 9.94. The van der Waals surface area contributed by atoms with Crippen LogP contribution in [0, 0.1) is 18.7 Å². The van der Waals surface area contributed by atoms with E-state index in [1.54, 1.807) is 25.9 Å². The molecule has 1 aromatic carbocycles. The van der Waals surface area contributed by atoms with Gasteiger partial charge in [0.1, 0.15) is 5.82 Å². The lowest BCUT2D eigenvalue weighted by molar-refractivity contribution is -0.169. The summed E-state index contributed by atoms with van der Waals surface area (Å²) in [5.41, 5.74) is 2.89. The first-order valence-electron chi connectivity index (χ1n) is 10.4.